The van der Waals surface area contributed by atoms with E-state index in [1.807, 2.05) is 0 Å². The first kappa shape index (κ1) is 17.8. The van der Waals surface area contributed by atoms with E-state index in [0.717, 1.165) is 0 Å². The quantitative estimate of drug-likeness (QED) is 0.754. The van der Waals surface area contributed by atoms with Crippen molar-refractivity contribution in [3.8, 4) is 0 Å². The number of halogens is 5. The smallest absolute Gasteiger partial charge is 0.213 e. The second-order valence-electron chi connectivity index (χ2n) is 4.55. The van der Waals surface area contributed by atoms with Crippen LogP contribution in [0.5, 0.6) is 0 Å². The van der Waals surface area contributed by atoms with Gasteiger partial charge in [-0.3, -0.25) is 9.59 Å². The van der Waals surface area contributed by atoms with Crippen molar-refractivity contribution in [1.29, 1.82) is 0 Å². The molecule has 1 atom stereocenters. The van der Waals surface area contributed by atoms with Gasteiger partial charge in [-0.2, -0.15) is 0 Å². The van der Waals surface area contributed by atoms with Crippen molar-refractivity contribution in [3.05, 3.63) is 55.0 Å². The number of rotatable bonds is 3. The SMILES string of the molecule is O=C(CC1(O)C(=O)C(Cl)=C(Cl)C(Cl)=C1Cl)c1ccc(Cl)cc1. The number of hydrogen-bond acceptors (Lipinski definition) is 3. The van der Waals surface area contributed by atoms with Gasteiger partial charge in [0.15, 0.2) is 11.4 Å². The standard InChI is InChI=1S/C14H7Cl5O3/c15-7-3-1-6(2-4-7)8(20)5-14(22)12(19)10(17)9(16)11(18)13(14)21/h1-4,22H,5H2. The summed E-state index contributed by atoms with van der Waals surface area (Å²) in [5, 5.41) is 9.52. The van der Waals surface area contributed by atoms with E-state index in [2.05, 4.69) is 0 Å². The fraction of sp³-hybridized carbons (Fsp3) is 0.143. The van der Waals surface area contributed by atoms with Crippen molar-refractivity contribution in [3.63, 3.8) is 0 Å². The average Bonchev–Trinajstić information content (AvgIpc) is 2.50. The van der Waals surface area contributed by atoms with Crippen LogP contribution in [0.4, 0.5) is 0 Å². The molecule has 2 rings (SSSR count). The van der Waals surface area contributed by atoms with E-state index in [-0.39, 0.29) is 15.6 Å². The lowest BCUT2D eigenvalue weighted by Crippen LogP contribution is -2.44. The van der Waals surface area contributed by atoms with Gasteiger partial charge in [0.1, 0.15) is 5.03 Å². The zero-order valence-corrected chi connectivity index (χ0v) is 14.4. The van der Waals surface area contributed by atoms with Gasteiger partial charge >= 0.3 is 0 Å². The first-order valence-electron chi connectivity index (χ1n) is 5.86. The highest BCUT2D eigenvalue weighted by Crippen LogP contribution is 2.44. The van der Waals surface area contributed by atoms with E-state index in [1.165, 1.54) is 24.3 Å². The highest BCUT2D eigenvalue weighted by atomic mass is 35.5. The summed E-state index contributed by atoms with van der Waals surface area (Å²) < 4.78 is 0. The predicted octanol–water partition coefficient (Wildman–Crippen LogP) is 4.61. The van der Waals surface area contributed by atoms with Crippen LogP contribution in [0.2, 0.25) is 5.02 Å². The van der Waals surface area contributed by atoms with Crippen molar-refractivity contribution in [2.24, 2.45) is 0 Å². The average molecular weight is 400 g/mol. The normalized spacial score (nSPS) is 22.4. The van der Waals surface area contributed by atoms with Gasteiger partial charge in [0.2, 0.25) is 5.78 Å². The molecule has 0 aromatic heterocycles. The molecule has 1 aliphatic rings. The second kappa shape index (κ2) is 6.52. The maximum atomic E-state index is 12.2. The van der Waals surface area contributed by atoms with E-state index >= 15 is 0 Å². The minimum absolute atomic E-state index is 0.253. The van der Waals surface area contributed by atoms with Gasteiger partial charge in [0.05, 0.1) is 21.5 Å². The second-order valence-corrected chi connectivity index (χ2v) is 6.50. The minimum atomic E-state index is -2.34. The molecule has 0 aliphatic heterocycles. The van der Waals surface area contributed by atoms with Gasteiger partial charge in [-0.25, -0.2) is 0 Å². The molecule has 0 spiro atoms. The summed E-state index contributed by atoms with van der Waals surface area (Å²) in [6.45, 7) is 0. The molecule has 1 aromatic carbocycles. The van der Waals surface area contributed by atoms with Crippen LogP contribution in [0.25, 0.3) is 0 Å². The van der Waals surface area contributed by atoms with E-state index in [4.69, 9.17) is 58.0 Å². The van der Waals surface area contributed by atoms with Gasteiger partial charge in [0.25, 0.3) is 0 Å². The van der Waals surface area contributed by atoms with Crippen molar-refractivity contribution in [2.75, 3.05) is 0 Å². The number of hydrogen-bond donors (Lipinski definition) is 1. The maximum absolute atomic E-state index is 12.2. The Morgan fingerprint density at radius 1 is 0.955 bits per heavy atom. The van der Waals surface area contributed by atoms with Crippen molar-refractivity contribution >= 4 is 69.6 Å². The zero-order chi connectivity index (χ0) is 16.7. The van der Waals surface area contributed by atoms with Gasteiger partial charge in [0, 0.05) is 10.6 Å². The molecule has 0 heterocycles. The van der Waals surface area contributed by atoms with Crippen molar-refractivity contribution < 1.29 is 14.7 Å². The van der Waals surface area contributed by atoms with Crippen LogP contribution in [0, 0.1) is 0 Å². The topological polar surface area (TPSA) is 54.4 Å². The third-order valence-electron chi connectivity index (χ3n) is 3.10. The van der Waals surface area contributed by atoms with E-state index in [0.29, 0.717) is 5.02 Å². The molecular formula is C14H7Cl5O3. The van der Waals surface area contributed by atoms with Gasteiger partial charge < -0.3 is 5.11 Å². The zero-order valence-electron chi connectivity index (χ0n) is 10.7. The highest BCUT2D eigenvalue weighted by molar-refractivity contribution is 6.58. The van der Waals surface area contributed by atoms with Crippen LogP contribution >= 0.6 is 58.0 Å². The number of Topliss-reactive ketones (excluding diaryl/α,β-unsaturated/α-hetero) is 2. The monoisotopic (exact) mass is 398 g/mol. The van der Waals surface area contributed by atoms with Crippen LogP contribution in [-0.2, 0) is 4.79 Å². The Hall–Kier alpha value is -0.550. The van der Waals surface area contributed by atoms with E-state index < -0.39 is 33.7 Å². The molecule has 8 heteroatoms. The maximum Gasteiger partial charge on any atom is 0.213 e. The molecule has 116 valence electrons. The van der Waals surface area contributed by atoms with E-state index in [9.17, 15) is 14.7 Å². The molecule has 0 amide bonds. The Morgan fingerprint density at radius 2 is 1.50 bits per heavy atom. The molecule has 0 radical (unpaired) electrons. The third kappa shape index (κ3) is 3.07. The molecule has 1 N–H and O–H groups in total. The lowest BCUT2D eigenvalue weighted by molar-refractivity contribution is -0.128. The lowest BCUT2D eigenvalue weighted by Gasteiger charge is -2.29. The third-order valence-corrected chi connectivity index (χ3v) is 5.26. The lowest BCUT2D eigenvalue weighted by atomic mass is 9.86. The first-order chi connectivity index (χ1) is 10.2. The Bertz CT molecular complexity index is 720. The Morgan fingerprint density at radius 3 is 2.05 bits per heavy atom. The number of aliphatic hydroxyl groups is 1. The molecule has 0 saturated carbocycles. The summed E-state index contributed by atoms with van der Waals surface area (Å²) in [5.74, 6) is -1.51. The van der Waals surface area contributed by atoms with Gasteiger partial charge in [-0.15, -0.1) is 0 Å². The summed E-state index contributed by atoms with van der Waals surface area (Å²) in [7, 11) is 0. The van der Waals surface area contributed by atoms with Crippen LogP contribution in [0.3, 0.4) is 0 Å². The van der Waals surface area contributed by atoms with Crippen molar-refractivity contribution in [2.45, 2.75) is 12.0 Å². The highest BCUT2D eigenvalue weighted by Gasteiger charge is 2.48. The summed E-state index contributed by atoms with van der Waals surface area (Å²) in [4.78, 5) is 24.4. The number of carbonyl (C=O) groups excluding carboxylic acids is 2. The fourth-order valence-electron chi connectivity index (χ4n) is 1.88. The van der Waals surface area contributed by atoms with Crippen LogP contribution in [0.1, 0.15) is 16.8 Å². The molecule has 1 aromatic rings. The number of benzene rings is 1. The Balaban J connectivity index is 2.37. The molecule has 0 bridgehead atoms. The fourth-order valence-corrected chi connectivity index (χ4v) is 3.04. The first-order valence-corrected chi connectivity index (χ1v) is 7.75. The molecule has 22 heavy (non-hydrogen) atoms. The van der Waals surface area contributed by atoms with Gasteiger partial charge in [-0.05, 0) is 24.3 Å². The molecule has 1 aliphatic carbocycles. The summed E-state index contributed by atoms with van der Waals surface area (Å²) >= 11 is 29.0. The molecule has 0 saturated heterocycles. The summed E-state index contributed by atoms with van der Waals surface area (Å²) in [5.41, 5.74) is -2.09. The Kier molecular flexibility index (Phi) is 5.27. The number of carbonyl (C=O) groups is 2. The Labute approximate surface area is 151 Å². The largest absolute Gasteiger partial charge is 0.375 e. The van der Waals surface area contributed by atoms with Gasteiger partial charge in [-0.1, -0.05) is 58.0 Å². The molecule has 1 unspecified atom stereocenters. The molecule has 0 fully saturated rings. The van der Waals surface area contributed by atoms with Crippen LogP contribution in [-0.4, -0.2) is 22.3 Å². The minimum Gasteiger partial charge on any atom is -0.375 e. The number of allylic oxidation sites excluding steroid dienone is 2. The summed E-state index contributed by atoms with van der Waals surface area (Å²) in [6, 6.07) is 5.95. The molecular weight excluding hydrogens is 393 g/mol. The number of ketones is 2. The van der Waals surface area contributed by atoms with Crippen LogP contribution < -0.4 is 0 Å². The predicted molar refractivity (Wildman–Crippen MR) is 87.8 cm³/mol. The summed E-state index contributed by atoms with van der Waals surface area (Å²) in [6.07, 6.45) is -0.622. The van der Waals surface area contributed by atoms with E-state index in [1.54, 1.807) is 0 Å². The van der Waals surface area contributed by atoms with Crippen molar-refractivity contribution in [1.82, 2.24) is 0 Å². The molecule has 3 nitrogen and oxygen atoms in total. The van der Waals surface area contributed by atoms with Crippen LogP contribution in [0.15, 0.2) is 44.4 Å².